The Morgan fingerprint density at radius 2 is 1.20 bits per heavy atom. The molecule has 0 aliphatic rings. The van der Waals surface area contributed by atoms with E-state index in [-0.39, 0.29) is 0 Å². The van der Waals surface area contributed by atoms with Gasteiger partial charge in [0.1, 0.15) is 22.1 Å². The summed E-state index contributed by atoms with van der Waals surface area (Å²) in [7, 11) is 3.22. The molecule has 0 saturated carbocycles. The molecule has 0 spiro atoms. The summed E-state index contributed by atoms with van der Waals surface area (Å²) in [6, 6.07) is 14.8. The largest absolute Gasteiger partial charge is 0.497 e. The van der Waals surface area contributed by atoms with Gasteiger partial charge in [-0.1, -0.05) is 40.2 Å². The van der Waals surface area contributed by atoms with E-state index < -0.39 is 4.32 Å². The zero-order valence-electron chi connectivity index (χ0n) is 11.3. The Kier molecular flexibility index (Phi) is 4.45. The van der Waals surface area contributed by atoms with Crippen molar-refractivity contribution in [2.75, 3.05) is 14.2 Å². The monoisotopic (exact) mass is 334 g/mol. The molecule has 3 nitrogen and oxygen atoms in total. The van der Waals surface area contributed by atoms with Crippen LogP contribution in [0, 0.1) is 0 Å². The van der Waals surface area contributed by atoms with Gasteiger partial charge in [-0.3, -0.25) is 0 Å². The van der Waals surface area contributed by atoms with Gasteiger partial charge in [-0.25, -0.2) is 0 Å². The van der Waals surface area contributed by atoms with Gasteiger partial charge in [0.05, 0.1) is 14.2 Å². The van der Waals surface area contributed by atoms with Crippen LogP contribution in [0.5, 0.6) is 11.5 Å². The summed E-state index contributed by atoms with van der Waals surface area (Å²) in [5, 5.41) is 0. The third-order valence-electron chi connectivity index (χ3n) is 3.18. The van der Waals surface area contributed by atoms with E-state index in [1.54, 1.807) is 14.2 Å². The van der Waals surface area contributed by atoms with E-state index in [0.29, 0.717) is 0 Å². The van der Waals surface area contributed by atoms with Crippen molar-refractivity contribution in [1.29, 1.82) is 0 Å². The third kappa shape index (κ3) is 2.70. The number of hydrogen-bond donors (Lipinski definition) is 0. The van der Waals surface area contributed by atoms with Crippen LogP contribution in [0.25, 0.3) is 0 Å². The van der Waals surface area contributed by atoms with Crippen LogP contribution < -0.4 is 9.47 Å². The van der Waals surface area contributed by atoms with Gasteiger partial charge in [-0.15, -0.1) is 0 Å². The Morgan fingerprint density at radius 3 is 1.45 bits per heavy atom. The zero-order valence-corrected chi connectivity index (χ0v) is 12.9. The van der Waals surface area contributed by atoms with E-state index in [2.05, 4.69) is 15.9 Å². The Balaban J connectivity index is 2.42. The fourth-order valence-corrected chi connectivity index (χ4v) is 2.50. The fraction of sp³-hybridized carbons (Fsp3) is 0.188. The summed E-state index contributed by atoms with van der Waals surface area (Å²) < 4.78 is 9.39. The molecule has 104 valence electrons. The van der Waals surface area contributed by atoms with E-state index in [1.807, 2.05) is 48.5 Å². The molecule has 0 saturated heterocycles. The van der Waals surface area contributed by atoms with Crippen molar-refractivity contribution in [1.82, 2.24) is 0 Å². The number of carbonyl (C=O) groups excluding carboxylic acids is 1. The fourth-order valence-electron chi connectivity index (χ4n) is 1.97. The molecule has 0 atom stereocenters. The highest BCUT2D eigenvalue weighted by atomic mass is 79.9. The van der Waals surface area contributed by atoms with Gasteiger partial charge in [0.2, 0.25) is 0 Å². The van der Waals surface area contributed by atoms with Gasteiger partial charge >= 0.3 is 0 Å². The molecule has 2 aromatic carbocycles. The lowest BCUT2D eigenvalue weighted by atomic mass is 9.92. The summed E-state index contributed by atoms with van der Waals surface area (Å²) in [5.74, 6) is 1.51. The Labute approximate surface area is 126 Å². The molecular formula is C16H15BrO3. The van der Waals surface area contributed by atoms with Crippen LogP contribution in [0.15, 0.2) is 48.5 Å². The van der Waals surface area contributed by atoms with E-state index >= 15 is 0 Å². The summed E-state index contributed by atoms with van der Waals surface area (Å²) in [5.41, 5.74) is 1.69. The highest BCUT2D eigenvalue weighted by molar-refractivity contribution is 9.10. The molecule has 0 fully saturated rings. The molecule has 0 aliphatic heterocycles. The first-order chi connectivity index (χ1) is 9.63. The SMILES string of the molecule is COc1ccc(C(Br)(C=O)c2ccc(OC)cc2)cc1. The van der Waals surface area contributed by atoms with Crippen LogP contribution in [0.2, 0.25) is 0 Å². The van der Waals surface area contributed by atoms with Gasteiger partial charge in [0.25, 0.3) is 0 Å². The summed E-state index contributed by atoms with van der Waals surface area (Å²) in [4.78, 5) is 11.6. The molecule has 20 heavy (non-hydrogen) atoms. The van der Waals surface area contributed by atoms with E-state index in [1.165, 1.54) is 0 Å². The van der Waals surface area contributed by atoms with Gasteiger partial charge in [0.15, 0.2) is 0 Å². The lowest BCUT2D eigenvalue weighted by molar-refractivity contribution is -0.109. The first-order valence-electron chi connectivity index (χ1n) is 6.08. The first kappa shape index (κ1) is 14.6. The predicted molar refractivity (Wildman–Crippen MR) is 81.8 cm³/mol. The van der Waals surface area contributed by atoms with E-state index in [9.17, 15) is 4.79 Å². The van der Waals surface area contributed by atoms with Crippen LogP contribution in [0.4, 0.5) is 0 Å². The number of benzene rings is 2. The number of aldehydes is 1. The molecule has 0 N–H and O–H groups in total. The topological polar surface area (TPSA) is 35.5 Å². The van der Waals surface area contributed by atoms with Crippen LogP contribution in [0.3, 0.4) is 0 Å². The maximum Gasteiger partial charge on any atom is 0.145 e. The second-order valence-corrected chi connectivity index (χ2v) is 5.54. The van der Waals surface area contributed by atoms with Crippen molar-refractivity contribution < 1.29 is 14.3 Å². The van der Waals surface area contributed by atoms with Crippen molar-refractivity contribution in [3.63, 3.8) is 0 Å². The second kappa shape index (κ2) is 6.09. The van der Waals surface area contributed by atoms with Crippen molar-refractivity contribution >= 4 is 22.2 Å². The molecule has 0 aliphatic carbocycles. The molecule has 4 heteroatoms. The molecular weight excluding hydrogens is 320 g/mol. The van der Waals surface area contributed by atoms with Crippen LogP contribution in [-0.4, -0.2) is 20.5 Å². The average Bonchev–Trinajstić information content (AvgIpc) is 2.54. The maximum absolute atomic E-state index is 11.6. The van der Waals surface area contributed by atoms with Crippen molar-refractivity contribution in [3.05, 3.63) is 59.7 Å². The number of carbonyl (C=O) groups is 1. The summed E-state index contributed by atoms with van der Waals surface area (Å²) >= 11 is 3.54. The lowest BCUT2D eigenvalue weighted by Gasteiger charge is -2.22. The number of rotatable bonds is 5. The number of methoxy groups -OCH3 is 2. The highest BCUT2D eigenvalue weighted by Crippen LogP contribution is 2.37. The van der Waals surface area contributed by atoms with Crippen LogP contribution in [0.1, 0.15) is 11.1 Å². The highest BCUT2D eigenvalue weighted by Gasteiger charge is 2.30. The minimum Gasteiger partial charge on any atom is -0.497 e. The summed E-state index contributed by atoms with van der Waals surface area (Å²) in [6.45, 7) is 0. The standard InChI is InChI=1S/C16H15BrO3/c1-19-14-7-3-12(4-8-14)16(17,11-18)13-5-9-15(20-2)10-6-13/h3-11H,1-2H3. The molecule has 0 aromatic heterocycles. The number of ether oxygens (including phenoxy) is 2. The molecule has 2 aromatic rings. The van der Waals surface area contributed by atoms with E-state index in [0.717, 1.165) is 28.9 Å². The van der Waals surface area contributed by atoms with Crippen molar-refractivity contribution in [2.24, 2.45) is 0 Å². The van der Waals surface area contributed by atoms with Gasteiger partial charge in [-0.2, -0.15) is 0 Å². The number of alkyl halides is 1. The Hall–Kier alpha value is -1.81. The quantitative estimate of drug-likeness (QED) is 0.619. The zero-order chi connectivity index (χ0) is 14.6. The third-order valence-corrected chi connectivity index (χ3v) is 4.29. The van der Waals surface area contributed by atoms with Gasteiger partial charge in [-0.05, 0) is 35.4 Å². The smallest absolute Gasteiger partial charge is 0.145 e. The van der Waals surface area contributed by atoms with Gasteiger partial charge < -0.3 is 14.3 Å². The van der Waals surface area contributed by atoms with Gasteiger partial charge in [0, 0.05) is 0 Å². The van der Waals surface area contributed by atoms with Crippen molar-refractivity contribution in [2.45, 2.75) is 4.32 Å². The van der Waals surface area contributed by atoms with E-state index in [4.69, 9.17) is 9.47 Å². The number of hydrogen-bond acceptors (Lipinski definition) is 3. The minimum atomic E-state index is -0.870. The molecule has 0 amide bonds. The molecule has 2 rings (SSSR count). The van der Waals surface area contributed by atoms with Crippen LogP contribution >= 0.6 is 15.9 Å². The molecule has 0 bridgehead atoms. The maximum atomic E-state index is 11.6. The minimum absolute atomic E-state index is 0.754. The molecule has 0 radical (unpaired) electrons. The lowest BCUT2D eigenvalue weighted by Crippen LogP contribution is -2.21. The van der Waals surface area contributed by atoms with Crippen LogP contribution in [-0.2, 0) is 9.12 Å². The second-order valence-electron chi connectivity index (χ2n) is 4.29. The average molecular weight is 335 g/mol. The first-order valence-corrected chi connectivity index (χ1v) is 6.87. The summed E-state index contributed by atoms with van der Waals surface area (Å²) in [6.07, 6.45) is 0.886. The Bertz CT molecular complexity index is 528. The molecule has 0 heterocycles. The number of halogens is 1. The van der Waals surface area contributed by atoms with Crippen molar-refractivity contribution in [3.8, 4) is 11.5 Å². The molecule has 0 unspecified atom stereocenters. The normalized spacial score (nSPS) is 10.9. The Morgan fingerprint density at radius 1 is 0.850 bits per heavy atom. The predicted octanol–water partition coefficient (Wildman–Crippen LogP) is 3.54.